The molecule has 0 unspecified atom stereocenters. The number of rotatable bonds is 7. The first-order chi connectivity index (χ1) is 8.99. The lowest BCUT2D eigenvalue weighted by molar-refractivity contribution is -0.141. The fourth-order valence-electron chi connectivity index (χ4n) is 1.80. The van der Waals surface area contributed by atoms with Crippen molar-refractivity contribution in [2.24, 2.45) is 0 Å². The first kappa shape index (κ1) is 15.3. The molecule has 0 aliphatic heterocycles. The zero-order chi connectivity index (χ0) is 14.4. The monoisotopic (exact) mass is 272 g/mol. The second-order valence-electron chi connectivity index (χ2n) is 4.53. The summed E-state index contributed by atoms with van der Waals surface area (Å²) in [5.74, 6) is -1.55. The van der Waals surface area contributed by atoms with E-state index in [4.69, 9.17) is 5.11 Å². The van der Waals surface area contributed by atoms with Gasteiger partial charge >= 0.3 is 18.0 Å². The van der Waals surface area contributed by atoms with Crippen molar-refractivity contribution in [3.8, 4) is 0 Å². The number of urea groups is 1. The molecule has 0 radical (unpaired) electrons. The minimum atomic E-state index is -1.05. The molecule has 1 aliphatic rings. The Morgan fingerprint density at radius 3 is 2.32 bits per heavy atom. The van der Waals surface area contributed by atoms with E-state index in [1.807, 2.05) is 6.92 Å². The molecule has 0 saturated heterocycles. The van der Waals surface area contributed by atoms with Crippen molar-refractivity contribution in [1.82, 2.24) is 9.80 Å². The number of amides is 2. The molecule has 0 atom stereocenters. The fraction of sp³-hybridized carbons (Fsp3) is 0.750. The van der Waals surface area contributed by atoms with Crippen LogP contribution in [0.3, 0.4) is 0 Å². The normalized spacial score (nSPS) is 13.8. The Balaban J connectivity index is 2.71. The highest BCUT2D eigenvalue weighted by Gasteiger charge is 2.36. The summed E-state index contributed by atoms with van der Waals surface area (Å²) in [4.78, 5) is 37.0. The second kappa shape index (κ2) is 6.96. The SMILES string of the molecule is CCCN(CC(=O)OC)C(=O)N(CC(=O)O)C1CC1. The molecule has 0 spiro atoms. The minimum absolute atomic E-state index is 0.0133. The van der Waals surface area contributed by atoms with Gasteiger partial charge in [-0.05, 0) is 19.3 Å². The highest BCUT2D eigenvalue weighted by molar-refractivity contribution is 5.84. The van der Waals surface area contributed by atoms with Gasteiger partial charge in [0.05, 0.1) is 7.11 Å². The van der Waals surface area contributed by atoms with Gasteiger partial charge in [0, 0.05) is 12.6 Å². The van der Waals surface area contributed by atoms with E-state index in [-0.39, 0.29) is 19.1 Å². The van der Waals surface area contributed by atoms with Gasteiger partial charge in [-0.15, -0.1) is 0 Å². The van der Waals surface area contributed by atoms with E-state index in [1.54, 1.807) is 0 Å². The maximum absolute atomic E-state index is 12.3. The Bertz CT molecular complexity index is 354. The predicted molar refractivity (Wildman–Crippen MR) is 66.6 cm³/mol. The highest BCUT2D eigenvalue weighted by Crippen LogP contribution is 2.27. The van der Waals surface area contributed by atoms with Crippen molar-refractivity contribution in [1.29, 1.82) is 0 Å². The molecule has 0 aromatic carbocycles. The van der Waals surface area contributed by atoms with Gasteiger partial charge in [-0.1, -0.05) is 6.92 Å². The molecule has 19 heavy (non-hydrogen) atoms. The van der Waals surface area contributed by atoms with Crippen molar-refractivity contribution >= 4 is 18.0 Å². The molecule has 7 nitrogen and oxygen atoms in total. The average Bonchev–Trinajstić information content (AvgIpc) is 3.18. The zero-order valence-electron chi connectivity index (χ0n) is 11.3. The van der Waals surface area contributed by atoms with Crippen LogP contribution in [0.2, 0.25) is 0 Å². The summed E-state index contributed by atoms with van der Waals surface area (Å²) in [6.07, 6.45) is 2.32. The van der Waals surface area contributed by atoms with Crippen molar-refractivity contribution in [2.45, 2.75) is 32.2 Å². The van der Waals surface area contributed by atoms with Crippen molar-refractivity contribution in [3.05, 3.63) is 0 Å². The lowest BCUT2D eigenvalue weighted by Gasteiger charge is -2.28. The van der Waals surface area contributed by atoms with Crippen molar-refractivity contribution < 1.29 is 24.2 Å². The second-order valence-corrected chi connectivity index (χ2v) is 4.53. The van der Waals surface area contributed by atoms with E-state index in [9.17, 15) is 14.4 Å². The van der Waals surface area contributed by atoms with Crippen LogP contribution in [0.4, 0.5) is 4.79 Å². The number of carboxylic acid groups (broad SMARTS) is 1. The Morgan fingerprint density at radius 1 is 1.26 bits per heavy atom. The molecular weight excluding hydrogens is 252 g/mol. The van der Waals surface area contributed by atoms with Crippen LogP contribution in [0.15, 0.2) is 0 Å². The Kier molecular flexibility index (Phi) is 5.59. The van der Waals surface area contributed by atoms with Gasteiger partial charge in [0.25, 0.3) is 0 Å². The lowest BCUT2D eigenvalue weighted by Crippen LogP contribution is -2.48. The number of carboxylic acids is 1. The molecule has 1 rings (SSSR count). The van der Waals surface area contributed by atoms with Gasteiger partial charge < -0.3 is 19.6 Å². The van der Waals surface area contributed by atoms with E-state index in [0.717, 1.165) is 12.8 Å². The summed E-state index contributed by atoms with van der Waals surface area (Å²) in [5.41, 5.74) is 0. The van der Waals surface area contributed by atoms with Gasteiger partial charge in [0.2, 0.25) is 0 Å². The number of carbonyl (C=O) groups excluding carboxylic acids is 2. The number of aliphatic carboxylic acids is 1. The average molecular weight is 272 g/mol. The third kappa shape index (κ3) is 4.76. The van der Waals surface area contributed by atoms with Crippen LogP contribution in [0.25, 0.3) is 0 Å². The van der Waals surface area contributed by atoms with Crippen LogP contribution in [-0.4, -0.2) is 65.7 Å². The highest BCUT2D eigenvalue weighted by atomic mass is 16.5. The molecule has 1 saturated carbocycles. The molecule has 0 heterocycles. The summed E-state index contributed by atoms with van der Waals surface area (Å²) < 4.78 is 4.55. The number of esters is 1. The summed E-state index contributed by atoms with van der Waals surface area (Å²) in [6.45, 7) is 1.81. The van der Waals surface area contributed by atoms with Crippen LogP contribution in [0.1, 0.15) is 26.2 Å². The summed E-state index contributed by atoms with van der Waals surface area (Å²) >= 11 is 0. The third-order valence-electron chi connectivity index (χ3n) is 2.85. The Labute approximate surface area is 112 Å². The van der Waals surface area contributed by atoms with Crippen LogP contribution < -0.4 is 0 Å². The molecule has 7 heteroatoms. The van der Waals surface area contributed by atoms with Crippen LogP contribution in [0, 0.1) is 0 Å². The number of methoxy groups -OCH3 is 1. The quantitative estimate of drug-likeness (QED) is 0.683. The molecule has 0 aromatic heterocycles. The van der Waals surface area contributed by atoms with E-state index in [2.05, 4.69) is 4.74 Å². The number of nitrogens with zero attached hydrogens (tertiary/aromatic N) is 2. The lowest BCUT2D eigenvalue weighted by atomic mass is 10.4. The molecule has 0 aromatic rings. The zero-order valence-corrected chi connectivity index (χ0v) is 11.3. The third-order valence-corrected chi connectivity index (χ3v) is 2.85. The van der Waals surface area contributed by atoms with Gasteiger partial charge in [-0.2, -0.15) is 0 Å². The number of hydrogen-bond donors (Lipinski definition) is 1. The first-order valence-electron chi connectivity index (χ1n) is 6.33. The molecule has 108 valence electrons. The smallest absolute Gasteiger partial charge is 0.325 e. The number of hydrogen-bond acceptors (Lipinski definition) is 4. The summed E-state index contributed by atoms with van der Waals surface area (Å²) in [7, 11) is 1.26. The number of ether oxygens (including phenoxy) is 1. The van der Waals surface area contributed by atoms with Crippen LogP contribution in [0.5, 0.6) is 0 Å². The largest absolute Gasteiger partial charge is 0.480 e. The predicted octanol–water partition coefficient (Wildman–Crippen LogP) is 0.540. The first-order valence-corrected chi connectivity index (χ1v) is 6.33. The molecule has 1 fully saturated rings. The molecule has 2 amide bonds. The van der Waals surface area contributed by atoms with E-state index < -0.39 is 18.0 Å². The molecule has 1 N–H and O–H groups in total. The van der Waals surface area contributed by atoms with Gasteiger partial charge in [-0.3, -0.25) is 9.59 Å². The Hall–Kier alpha value is -1.79. The maximum Gasteiger partial charge on any atom is 0.325 e. The van der Waals surface area contributed by atoms with Crippen molar-refractivity contribution in [2.75, 3.05) is 26.7 Å². The topological polar surface area (TPSA) is 87.2 Å². The van der Waals surface area contributed by atoms with E-state index in [0.29, 0.717) is 13.0 Å². The van der Waals surface area contributed by atoms with E-state index in [1.165, 1.54) is 16.9 Å². The summed E-state index contributed by atoms with van der Waals surface area (Å²) in [5, 5.41) is 8.85. The maximum atomic E-state index is 12.3. The van der Waals surface area contributed by atoms with Crippen LogP contribution in [-0.2, 0) is 14.3 Å². The van der Waals surface area contributed by atoms with Crippen molar-refractivity contribution in [3.63, 3.8) is 0 Å². The van der Waals surface area contributed by atoms with Crippen LogP contribution >= 0.6 is 0 Å². The minimum Gasteiger partial charge on any atom is -0.480 e. The van der Waals surface area contributed by atoms with Gasteiger partial charge in [0.15, 0.2) is 0 Å². The molecular formula is C12H20N2O5. The van der Waals surface area contributed by atoms with Gasteiger partial charge in [-0.25, -0.2) is 4.79 Å². The molecule has 0 bridgehead atoms. The molecule has 1 aliphatic carbocycles. The van der Waals surface area contributed by atoms with E-state index >= 15 is 0 Å². The van der Waals surface area contributed by atoms with Gasteiger partial charge in [0.1, 0.15) is 13.1 Å². The Morgan fingerprint density at radius 2 is 1.89 bits per heavy atom. The summed E-state index contributed by atoms with van der Waals surface area (Å²) in [6, 6.07) is -0.419. The number of carbonyl (C=O) groups is 3. The fourth-order valence-corrected chi connectivity index (χ4v) is 1.80. The standard InChI is InChI=1S/C12H20N2O5/c1-3-6-13(8-11(17)19-2)12(18)14(7-10(15)16)9-4-5-9/h9H,3-8H2,1-2H3,(H,15,16).